The van der Waals surface area contributed by atoms with Crippen LogP contribution in [0.2, 0.25) is 0 Å². The Morgan fingerprint density at radius 3 is 1.93 bits per heavy atom. The molecule has 72 valence electrons. The van der Waals surface area contributed by atoms with Crippen molar-refractivity contribution in [3.05, 3.63) is 42.5 Å². The van der Waals surface area contributed by atoms with Crippen LogP contribution >= 0.6 is 0 Å². The average Bonchev–Trinajstić information content (AvgIpc) is 2.17. The molecule has 1 aromatic carbocycles. The normalized spacial score (nSPS) is 9.43. The first kappa shape index (κ1) is 10.1. The number of aromatic hydroxyl groups is 2. The maximum Gasteiger partial charge on any atom is 0.134 e. The van der Waals surface area contributed by atoms with Gasteiger partial charge in [-0.1, -0.05) is 38.0 Å². The Bertz CT molecular complexity index is 403. The Kier molecular flexibility index (Phi) is 2.77. The van der Waals surface area contributed by atoms with Crippen molar-refractivity contribution in [2.75, 3.05) is 0 Å². The fourth-order valence-corrected chi connectivity index (χ4v) is 1.29. The van der Waals surface area contributed by atoms with E-state index in [1.165, 1.54) is 18.2 Å². The summed E-state index contributed by atoms with van der Waals surface area (Å²) in [5.74, 6) is -0.0390. The topological polar surface area (TPSA) is 40.5 Å². The van der Waals surface area contributed by atoms with E-state index >= 15 is 0 Å². The third kappa shape index (κ3) is 1.42. The first-order valence-electron chi connectivity index (χ1n) is 4.12. The van der Waals surface area contributed by atoms with Gasteiger partial charge in [0.2, 0.25) is 0 Å². The van der Waals surface area contributed by atoms with E-state index in [-0.39, 0.29) is 11.5 Å². The first-order chi connectivity index (χ1) is 6.65. The highest BCUT2D eigenvalue weighted by molar-refractivity contribution is 5.77. The maximum atomic E-state index is 9.73. The van der Waals surface area contributed by atoms with Gasteiger partial charge < -0.3 is 10.2 Å². The average molecular weight is 188 g/mol. The van der Waals surface area contributed by atoms with Crippen LogP contribution in [0.1, 0.15) is 16.7 Å². The fraction of sp³-hybridized carbons (Fsp3) is 0. The first-order valence-corrected chi connectivity index (χ1v) is 4.12. The molecule has 0 aliphatic carbocycles. The summed E-state index contributed by atoms with van der Waals surface area (Å²) < 4.78 is 0. The van der Waals surface area contributed by atoms with Gasteiger partial charge in [0.1, 0.15) is 11.5 Å². The van der Waals surface area contributed by atoms with E-state index in [0.717, 1.165) is 0 Å². The van der Waals surface area contributed by atoms with Gasteiger partial charge in [-0.3, -0.25) is 0 Å². The summed E-state index contributed by atoms with van der Waals surface area (Å²) in [6.07, 6.45) is 4.45. The summed E-state index contributed by atoms with van der Waals surface area (Å²) in [6, 6.07) is 1.51. The second kappa shape index (κ2) is 3.83. The second-order valence-corrected chi connectivity index (χ2v) is 2.77. The van der Waals surface area contributed by atoms with Crippen LogP contribution in [0.3, 0.4) is 0 Å². The number of hydrogen-bond acceptors (Lipinski definition) is 2. The van der Waals surface area contributed by atoms with Gasteiger partial charge in [-0.15, -0.1) is 0 Å². The predicted molar refractivity (Wildman–Crippen MR) is 60.0 cm³/mol. The molecule has 0 fully saturated rings. The van der Waals surface area contributed by atoms with Crippen molar-refractivity contribution in [1.82, 2.24) is 0 Å². The lowest BCUT2D eigenvalue weighted by Gasteiger charge is -2.09. The number of phenols is 2. The molecule has 1 rings (SSSR count). The van der Waals surface area contributed by atoms with Crippen molar-refractivity contribution in [3.8, 4) is 11.5 Å². The van der Waals surface area contributed by atoms with Gasteiger partial charge in [-0.05, 0) is 11.6 Å². The van der Waals surface area contributed by atoms with E-state index in [1.807, 2.05) is 0 Å². The minimum absolute atomic E-state index is 0.0157. The van der Waals surface area contributed by atoms with Gasteiger partial charge in [-0.25, -0.2) is 0 Å². The van der Waals surface area contributed by atoms with Crippen LogP contribution in [-0.2, 0) is 0 Å². The Balaban J connectivity index is 3.62. The molecule has 0 atom stereocenters. The molecular weight excluding hydrogens is 176 g/mol. The lowest BCUT2D eigenvalue weighted by atomic mass is 10.0. The molecule has 0 saturated carbocycles. The molecule has 2 heteroatoms. The van der Waals surface area contributed by atoms with Crippen LogP contribution < -0.4 is 0 Å². The van der Waals surface area contributed by atoms with Crippen LogP contribution in [0.15, 0.2) is 25.8 Å². The standard InChI is InChI=1S/C12H12O2/c1-4-8-7-11(13)10(6-3)12(14)9(8)5-2/h4-7,13-14H,1-3H2. The molecule has 0 saturated heterocycles. The molecule has 0 heterocycles. The molecule has 2 N–H and O–H groups in total. The van der Waals surface area contributed by atoms with Crippen LogP contribution in [0.4, 0.5) is 0 Å². The van der Waals surface area contributed by atoms with Crippen molar-refractivity contribution in [2.45, 2.75) is 0 Å². The van der Waals surface area contributed by atoms with Gasteiger partial charge >= 0.3 is 0 Å². The lowest BCUT2D eigenvalue weighted by Crippen LogP contribution is -1.86. The molecule has 0 aliphatic rings. The zero-order valence-corrected chi connectivity index (χ0v) is 7.83. The third-order valence-electron chi connectivity index (χ3n) is 2.02. The highest BCUT2D eigenvalue weighted by Gasteiger charge is 2.11. The summed E-state index contributed by atoms with van der Waals surface area (Å²) in [5.41, 5.74) is 1.50. The molecule has 0 aliphatic heterocycles. The minimum atomic E-state index is -0.0232. The van der Waals surface area contributed by atoms with E-state index in [4.69, 9.17) is 0 Å². The van der Waals surface area contributed by atoms with Crippen LogP contribution in [-0.4, -0.2) is 10.2 Å². The molecule has 0 radical (unpaired) electrons. The second-order valence-electron chi connectivity index (χ2n) is 2.77. The van der Waals surface area contributed by atoms with E-state index in [9.17, 15) is 10.2 Å². The van der Waals surface area contributed by atoms with E-state index in [2.05, 4.69) is 19.7 Å². The van der Waals surface area contributed by atoms with Crippen molar-refractivity contribution in [1.29, 1.82) is 0 Å². The summed E-state index contributed by atoms with van der Waals surface area (Å²) in [7, 11) is 0. The molecule has 0 amide bonds. The highest BCUT2D eigenvalue weighted by atomic mass is 16.3. The Labute approximate surface area is 83.1 Å². The zero-order chi connectivity index (χ0) is 10.7. The van der Waals surface area contributed by atoms with E-state index < -0.39 is 0 Å². The SMILES string of the molecule is C=Cc1cc(O)c(C=C)c(O)c1C=C. The zero-order valence-electron chi connectivity index (χ0n) is 7.83. The van der Waals surface area contributed by atoms with Crippen LogP contribution in [0.25, 0.3) is 18.2 Å². The largest absolute Gasteiger partial charge is 0.507 e. The monoisotopic (exact) mass is 188 g/mol. The molecule has 0 aromatic heterocycles. The number of benzene rings is 1. The molecule has 0 bridgehead atoms. The summed E-state index contributed by atoms with van der Waals surface area (Å²) in [5, 5.41) is 19.2. The van der Waals surface area contributed by atoms with E-state index in [0.29, 0.717) is 16.7 Å². The predicted octanol–water partition coefficient (Wildman–Crippen LogP) is 3.03. The van der Waals surface area contributed by atoms with Crippen molar-refractivity contribution >= 4 is 18.2 Å². The number of hydrogen-bond donors (Lipinski definition) is 2. The lowest BCUT2D eigenvalue weighted by molar-refractivity contribution is 0.447. The van der Waals surface area contributed by atoms with Crippen LogP contribution in [0.5, 0.6) is 11.5 Å². The third-order valence-corrected chi connectivity index (χ3v) is 2.02. The van der Waals surface area contributed by atoms with Crippen molar-refractivity contribution in [2.24, 2.45) is 0 Å². The van der Waals surface area contributed by atoms with Crippen LogP contribution in [0, 0.1) is 0 Å². The molecule has 0 spiro atoms. The molecule has 2 nitrogen and oxygen atoms in total. The molecule has 14 heavy (non-hydrogen) atoms. The van der Waals surface area contributed by atoms with Crippen molar-refractivity contribution < 1.29 is 10.2 Å². The molecular formula is C12H12O2. The number of phenolic OH excluding ortho intramolecular Hbond substituents is 2. The number of rotatable bonds is 3. The Morgan fingerprint density at radius 2 is 1.50 bits per heavy atom. The molecule has 1 aromatic rings. The van der Waals surface area contributed by atoms with Gasteiger partial charge in [0.25, 0.3) is 0 Å². The highest BCUT2D eigenvalue weighted by Crippen LogP contribution is 2.35. The Hall–Kier alpha value is -1.96. The summed E-state index contributed by atoms with van der Waals surface area (Å²) in [4.78, 5) is 0. The van der Waals surface area contributed by atoms with E-state index in [1.54, 1.807) is 6.08 Å². The van der Waals surface area contributed by atoms with Gasteiger partial charge in [-0.2, -0.15) is 0 Å². The van der Waals surface area contributed by atoms with Gasteiger partial charge in [0, 0.05) is 5.56 Å². The molecule has 0 unspecified atom stereocenters. The minimum Gasteiger partial charge on any atom is -0.507 e. The quantitative estimate of drug-likeness (QED) is 0.765. The summed E-state index contributed by atoms with van der Waals surface area (Å²) in [6.45, 7) is 10.7. The van der Waals surface area contributed by atoms with Gasteiger partial charge in [0.15, 0.2) is 0 Å². The fourth-order valence-electron chi connectivity index (χ4n) is 1.29. The Morgan fingerprint density at radius 1 is 0.929 bits per heavy atom. The summed E-state index contributed by atoms with van der Waals surface area (Å²) >= 11 is 0. The van der Waals surface area contributed by atoms with Gasteiger partial charge in [0.05, 0.1) is 5.56 Å². The smallest absolute Gasteiger partial charge is 0.134 e. The maximum absolute atomic E-state index is 9.73. The van der Waals surface area contributed by atoms with Crippen molar-refractivity contribution in [3.63, 3.8) is 0 Å².